The molecule has 1 fully saturated rings. The SMILES string of the molecule is Nc1ccc(/C=C/C(=O)NCc2cc3cc(-c4ccc(C(=O)N5CCC(F)CC5)cn4)cc(C(F)(F)F)c3s2)cn1. The number of likely N-dealkylation sites (tertiary alicyclic amines) is 1. The summed E-state index contributed by atoms with van der Waals surface area (Å²) < 4.78 is 55.6. The van der Waals surface area contributed by atoms with Gasteiger partial charge in [0, 0.05) is 46.7 Å². The Morgan fingerprint density at radius 3 is 2.51 bits per heavy atom. The second kappa shape index (κ2) is 11.7. The number of nitrogens with one attached hydrogen (secondary N) is 1. The second-order valence-corrected chi connectivity index (χ2v) is 10.8. The average molecular weight is 584 g/mol. The van der Waals surface area contributed by atoms with Crippen molar-refractivity contribution in [1.29, 1.82) is 0 Å². The lowest BCUT2D eigenvalue weighted by Crippen LogP contribution is -2.39. The molecule has 1 saturated heterocycles. The summed E-state index contributed by atoms with van der Waals surface area (Å²) in [5.74, 6) is -0.345. The van der Waals surface area contributed by atoms with Crippen LogP contribution in [0.25, 0.3) is 27.4 Å². The summed E-state index contributed by atoms with van der Waals surface area (Å²) in [6.07, 6.45) is 0.734. The molecule has 5 rings (SSSR count). The number of carbonyl (C=O) groups is 2. The molecular formula is C29H25F4N5O2S. The minimum absolute atomic E-state index is 0.0455. The molecule has 0 aliphatic carbocycles. The summed E-state index contributed by atoms with van der Waals surface area (Å²) >= 11 is 0.955. The van der Waals surface area contributed by atoms with Gasteiger partial charge >= 0.3 is 6.18 Å². The van der Waals surface area contributed by atoms with Gasteiger partial charge in [-0.2, -0.15) is 13.2 Å². The zero-order chi connectivity index (χ0) is 29.1. The van der Waals surface area contributed by atoms with Crippen LogP contribution in [-0.2, 0) is 17.5 Å². The summed E-state index contributed by atoms with van der Waals surface area (Å²) in [7, 11) is 0. The third-order valence-electron chi connectivity index (χ3n) is 6.66. The largest absolute Gasteiger partial charge is 0.417 e. The minimum Gasteiger partial charge on any atom is -0.384 e. The van der Waals surface area contributed by atoms with Crippen LogP contribution in [0.1, 0.15) is 39.2 Å². The number of thiophene rings is 1. The maximum absolute atomic E-state index is 14.0. The predicted molar refractivity (Wildman–Crippen MR) is 150 cm³/mol. The fraction of sp³-hybridized carbons (Fsp3) is 0.241. The number of alkyl halides is 4. The van der Waals surface area contributed by atoms with Crippen LogP contribution in [0.2, 0.25) is 0 Å². The number of piperidine rings is 1. The molecule has 0 spiro atoms. The number of pyridine rings is 2. The summed E-state index contributed by atoms with van der Waals surface area (Å²) in [5, 5.41) is 3.05. The van der Waals surface area contributed by atoms with Crippen LogP contribution in [-0.4, -0.2) is 45.9 Å². The maximum Gasteiger partial charge on any atom is 0.417 e. The third kappa shape index (κ3) is 6.71. The Hall–Kier alpha value is -4.32. The summed E-state index contributed by atoms with van der Waals surface area (Å²) in [6.45, 7) is 0.666. The Kier molecular flexibility index (Phi) is 8.02. The van der Waals surface area contributed by atoms with Crippen molar-refractivity contribution in [2.75, 3.05) is 18.8 Å². The highest BCUT2D eigenvalue weighted by molar-refractivity contribution is 7.19. The van der Waals surface area contributed by atoms with Gasteiger partial charge in [-0.3, -0.25) is 14.6 Å². The number of aromatic nitrogens is 2. The van der Waals surface area contributed by atoms with Gasteiger partial charge < -0.3 is 16.0 Å². The third-order valence-corrected chi connectivity index (χ3v) is 7.85. The van der Waals surface area contributed by atoms with E-state index in [0.29, 0.717) is 40.3 Å². The molecular weight excluding hydrogens is 558 g/mol. The lowest BCUT2D eigenvalue weighted by Gasteiger charge is -2.28. The predicted octanol–water partition coefficient (Wildman–Crippen LogP) is 5.86. The number of benzene rings is 1. The van der Waals surface area contributed by atoms with Gasteiger partial charge in [-0.05, 0) is 72.3 Å². The number of halogens is 4. The first-order valence-electron chi connectivity index (χ1n) is 12.8. The van der Waals surface area contributed by atoms with E-state index < -0.39 is 23.8 Å². The van der Waals surface area contributed by atoms with E-state index in [2.05, 4.69) is 15.3 Å². The molecule has 7 nitrogen and oxygen atoms in total. The molecule has 1 aliphatic heterocycles. The molecule has 0 bridgehead atoms. The van der Waals surface area contributed by atoms with Crippen LogP contribution in [0.4, 0.5) is 23.4 Å². The van der Waals surface area contributed by atoms with Crippen molar-refractivity contribution < 1.29 is 27.2 Å². The number of nitrogens with two attached hydrogens (primary N) is 1. The minimum atomic E-state index is -4.62. The molecule has 1 aliphatic rings. The highest BCUT2D eigenvalue weighted by Gasteiger charge is 2.34. The number of hydrogen-bond donors (Lipinski definition) is 2. The highest BCUT2D eigenvalue weighted by Crippen LogP contribution is 2.41. The van der Waals surface area contributed by atoms with E-state index in [0.717, 1.165) is 17.4 Å². The first-order valence-corrected chi connectivity index (χ1v) is 13.6. The van der Waals surface area contributed by atoms with Crippen LogP contribution in [0, 0.1) is 0 Å². The standard InChI is InChI=1S/C29H25F4N5O2S/c30-21-7-9-38(10-8-21)28(40)18-3-4-24(35-15-18)19-11-20-12-22(41-27(20)23(13-19)29(31,32)33)16-37-26(39)6-2-17-1-5-25(34)36-14-17/h1-6,11-15,21H,7-10,16H2,(H2,34,36)(H,37,39)/b6-2+. The van der Waals surface area contributed by atoms with Gasteiger partial charge in [-0.15, -0.1) is 11.3 Å². The van der Waals surface area contributed by atoms with E-state index in [1.54, 1.807) is 35.2 Å². The fourth-order valence-corrected chi connectivity index (χ4v) is 5.61. The van der Waals surface area contributed by atoms with Gasteiger partial charge in [0.25, 0.3) is 5.91 Å². The lowest BCUT2D eigenvalue weighted by molar-refractivity contribution is -0.136. The van der Waals surface area contributed by atoms with Crippen LogP contribution < -0.4 is 11.1 Å². The number of anilines is 1. The van der Waals surface area contributed by atoms with E-state index in [9.17, 15) is 27.2 Å². The topological polar surface area (TPSA) is 101 Å². The van der Waals surface area contributed by atoms with Crippen molar-refractivity contribution in [3.8, 4) is 11.3 Å². The zero-order valence-electron chi connectivity index (χ0n) is 21.6. The fourth-order valence-electron chi connectivity index (χ4n) is 4.50. The molecule has 212 valence electrons. The number of carbonyl (C=O) groups excluding carboxylic acids is 2. The molecule has 0 atom stereocenters. The normalized spacial score (nSPS) is 14.6. The Balaban J connectivity index is 1.34. The van der Waals surface area contributed by atoms with Gasteiger partial charge in [0.05, 0.1) is 23.4 Å². The molecule has 0 unspecified atom stereocenters. The molecule has 1 aromatic carbocycles. The quantitative estimate of drug-likeness (QED) is 0.219. The van der Waals surface area contributed by atoms with Crippen molar-refractivity contribution >= 4 is 45.1 Å². The van der Waals surface area contributed by atoms with Gasteiger partial charge in [0.15, 0.2) is 0 Å². The van der Waals surface area contributed by atoms with Gasteiger partial charge in [0.2, 0.25) is 5.91 Å². The monoisotopic (exact) mass is 583 g/mol. The van der Waals surface area contributed by atoms with Crippen molar-refractivity contribution in [2.45, 2.75) is 31.7 Å². The van der Waals surface area contributed by atoms with Gasteiger partial charge in [-0.1, -0.05) is 0 Å². The number of hydrogen-bond acceptors (Lipinski definition) is 6. The van der Waals surface area contributed by atoms with Crippen LogP contribution in [0.3, 0.4) is 0 Å². The number of nitrogen functional groups attached to an aromatic ring is 1. The number of fused-ring (bicyclic) bond motifs is 1. The summed E-state index contributed by atoms with van der Waals surface area (Å²) in [6, 6.07) is 10.6. The molecule has 12 heteroatoms. The second-order valence-electron chi connectivity index (χ2n) is 9.62. The molecule has 41 heavy (non-hydrogen) atoms. The highest BCUT2D eigenvalue weighted by atomic mass is 32.1. The number of rotatable bonds is 6. The van der Waals surface area contributed by atoms with Crippen LogP contribution in [0.15, 0.2) is 60.9 Å². The molecule has 4 aromatic rings. The average Bonchev–Trinajstić information content (AvgIpc) is 3.38. The number of amides is 2. The maximum atomic E-state index is 14.0. The molecule has 0 saturated carbocycles. The smallest absolute Gasteiger partial charge is 0.384 e. The Labute approximate surface area is 236 Å². The molecule has 4 heterocycles. The van der Waals surface area contributed by atoms with Crippen molar-refractivity contribution in [3.63, 3.8) is 0 Å². The van der Waals surface area contributed by atoms with Gasteiger partial charge in [0.1, 0.15) is 12.0 Å². The lowest BCUT2D eigenvalue weighted by atomic mass is 10.0. The van der Waals surface area contributed by atoms with Crippen LogP contribution >= 0.6 is 11.3 Å². The first kappa shape index (κ1) is 28.2. The molecule has 0 radical (unpaired) electrons. The van der Waals surface area contributed by atoms with E-state index in [1.165, 1.54) is 30.6 Å². The summed E-state index contributed by atoms with van der Waals surface area (Å²) in [5.41, 5.74) is 6.22. The zero-order valence-corrected chi connectivity index (χ0v) is 22.4. The van der Waals surface area contributed by atoms with E-state index in [1.807, 2.05) is 0 Å². The van der Waals surface area contributed by atoms with Crippen molar-refractivity contribution in [2.24, 2.45) is 0 Å². The molecule has 3 N–H and O–H groups in total. The first-order chi connectivity index (χ1) is 19.6. The van der Waals surface area contributed by atoms with Gasteiger partial charge in [-0.25, -0.2) is 9.37 Å². The van der Waals surface area contributed by atoms with Crippen molar-refractivity contribution in [1.82, 2.24) is 20.2 Å². The van der Waals surface area contributed by atoms with E-state index >= 15 is 0 Å². The number of nitrogens with zero attached hydrogens (tertiary/aromatic N) is 3. The van der Waals surface area contributed by atoms with Crippen molar-refractivity contribution in [3.05, 3.63) is 82.5 Å². The van der Waals surface area contributed by atoms with E-state index in [-0.39, 0.29) is 41.3 Å². The molecule has 2 amide bonds. The summed E-state index contributed by atoms with van der Waals surface area (Å²) in [4.78, 5) is 35.3. The Bertz CT molecular complexity index is 1590. The molecule has 3 aromatic heterocycles. The van der Waals surface area contributed by atoms with E-state index in [4.69, 9.17) is 5.73 Å². The van der Waals surface area contributed by atoms with Crippen LogP contribution in [0.5, 0.6) is 0 Å². The Morgan fingerprint density at radius 1 is 1.07 bits per heavy atom. The Morgan fingerprint density at radius 2 is 1.85 bits per heavy atom.